The standard InChI is InChI=1S/C15H22O6/c1-5-15(4)6-9(16)10(7(2)13(18)19)12(17)11(15)8(3)14(20)21/h5,7,9-12,16-17H,1,3,6H2,2,4H3,(H,18,19)(H,20,21)/t7-,9-,10+,11+,12-,15+/m0/s1. The Balaban J connectivity index is 3.28. The van der Waals surface area contributed by atoms with E-state index in [9.17, 15) is 19.8 Å². The topological polar surface area (TPSA) is 115 Å². The summed E-state index contributed by atoms with van der Waals surface area (Å²) in [5, 5.41) is 39.0. The summed E-state index contributed by atoms with van der Waals surface area (Å²) in [6.07, 6.45) is -0.787. The minimum Gasteiger partial charge on any atom is -0.481 e. The fraction of sp³-hybridized carbons (Fsp3) is 0.600. The van der Waals surface area contributed by atoms with Gasteiger partial charge >= 0.3 is 11.9 Å². The maximum atomic E-state index is 11.2. The molecule has 0 radical (unpaired) electrons. The number of carboxylic acids is 2. The average molecular weight is 298 g/mol. The van der Waals surface area contributed by atoms with Crippen molar-refractivity contribution in [3.05, 3.63) is 24.8 Å². The summed E-state index contributed by atoms with van der Waals surface area (Å²) < 4.78 is 0. The molecule has 0 heterocycles. The first kappa shape index (κ1) is 17.4. The van der Waals surface area contributed by atoms with E-state index in [1.54, 1.807) is 6.92 Å². The number of carboxylic acid groups (broad SMARTS) is 2. The Morgan fingerprint density at radius 3 is 2.24 bits per heavy atom. The van der Waals surface area contributed by atoms with Crippen LogP contribution in [0.25, 0.3) is 0 Å². The molecular formula is C15H22O6. The largest absolute Gasteiger partial charge is 0.481 e. The Kier molecular flexibility index (Phi) is 4.96. The van der Waals surface area contributed by atoms with Gasteiger partial charge in [-0.25, -0.2) is 4.79 Å². The van der Waals surface area contributed by atoms with Crippen LogP contribution in [-0.4, -0.2) is 44.6 Å². The van der Waals surface area contributed by atoms with Gasteiger partial charge in [0.25, 0.3) is 0 Å². The highest BCUT2D eigenvalue weighted by molar-refractivity contribution is 5.87. The van der Waals surface area contributed by atoms with Crippen molar-refractivity contribution in [1.29, 1.82) is 0 Å². The molecule has 0 bridgehead atoms. The lowest BCUT2D eigenvalue weighted by atomic mass is 9.57. The van der Waals surface area contributed by atoms with Gasteiger partial charge < -0.3 is 20.4 Å². The van der Waals surface area contributed by atoms with Crippen LogP contribution in [0, 0.1) is 23.2 Å². The highest BCUT2D eigenvalue weighted by atomic mass is 16.4. The van der Waals surface area contributed by atoms with Crippen LogP contribution in [0.15, 0.2) is 24.8 Å². The van der Waals surface area contributed by atoms with Crippen molar-refractivity contribution < 1.29 is 30.0 Å². The van der Waals surface area contributed by atoms with Gasteiger partial charge in [-0.3, -0.25) is 4.79 Å². The number of carbonyl (C=O) groups is 2. The lowest BCUT2D eigenvalue weighted by molar-refractivity contribution is -0.158. The van der Waals surface area contributed by atoms with Gasteiger partial charge in [-0.05, 0) is 11.8 Å². The zero-order valence-corrected chi connectivity index (χ0v) is 12.2. The van der Waals surface area contributed by atoms with E-state index in [4.69, 9.17) is 10.2 Å². The molecule has 118 valence electrons. The van der Waals surface area contributed by atoms with Crippen molar-refractivity contribution >= 4 is 11.9 Å². The number of aliphatic hydroxyl groups excluding tert-OH is 2. The van der Waals surface area contributed by atoms with E-state index < -0.39 is 47.3 Å². The molecule has 4 N–H and O–H groups in total. The Morgan fingerprint density at radius 2 is 1.86 bits per heavy atom. The van der Waals surface area contributed by atoms with E-state index in [2.05, 4.69) is 13.2 Å². The second-order valence-electron chi connectivity index (χ2n) is 5.98. The second-order valence-corrected chi connectivity index (χ2v) is 5.98. The Hall–Kier alpha value is -1.66. The molecule has 0 spiro atoms. The van der Waals surface area contributed by atoms with Crippen LogP contribution in [0.4, 0.5) is 0 Å². The summed E-state index contributed by atoms with van der Waals surface area (Å²) >= 11 is 0. The number of allylic oxidation sites excluding steroid dienone is 1. The van der Waals surface area contributed by atoms with Gasteiger partial charge in [0.2, 0.25) is 0 Å². The molecule has 1 fully saturated rings. The molecule has 6 nitrogen and oxygen atoms in total. The molecule has 6 heteroatoms. The second kappa shape index (κ2) is 5.99. The number of aliphatic hydroxyl groups is 2. The Labute approximate surface area is 123 Å². The molecule has 1 saturated carbocycles. The van der Waals surface area contributed by atoms with Crippen LogP contribution in [0.3, 0.4) is 0 Å². The quantitative estimate of drug-likeness (QED) is 0.443. The molecular weight excluding hydrogens is 276 g/mol. The van der Waals surface area contributed by atoms with Crippen LogP contribution in [0.1, 0.15) is 20.3 Å². The molecule has 0 unspecified atom stereocenters. The number of hydrogen-bond donors (Lipinski definition) is 4. The third-order valence-corrected chi connectivity index (χ3v) is 4.62. The van der Waals surface area contributed by atoms with Crippen LogP contribution in [0.2, 0.25) is 0 Å². The molecule has 0 aromatic heterocycles. The summed E-state index contributed by atoms with van der Waals surface area (Å²) in [6.45, 7) is 10.2. The highest BCUT2D eigenvalue weighted by Gasteiger charge is 2.53. The van der Waals surface area contributed by atoms with Crippen molar-refractivity contribution in [3.63, 3.8) is 0 Å². The molecule has 1 aliphatic carbocycles. The predicted molar refractivity (Wildman–Crippen MR) is 75.5 cm³/mol. The molecule has 6 atom stereocenters. The fourth-order valence-corrected chi connectivity index (χ4v) is 3.29. The average Bonchev–Trinajstić information content (AvgIpc) is 2.37. The third-order valence-electron chi connectivity index (χ3n) is 4.62. The Bertz CT molecular complexity index is 471. The van der Waals surface area contributed by atoms with Crippen molar-refractivity contribution in [2.75, 3.05) is 0 Å². The van der Waals surface area contributed by atoms with Crippen molar-refractivity contribution in [3.8, 4) is 0 Å². The van der Waals surface area contributed by atoms with E-state index in [0.717, 1.165) is 0 Å². The van der Waals surface area contributed by atoms with Gasteiger partial charge in [-0.1, -0.05) is 26.5 Å². The monoisotopic (exact) mass is 298 g/mol. The van der Waals surface area contributed by atoms with Crippen molar-refractivity contribution in [1.82, 2.24) is 0 Å². The fourth-order valence-electron chi connectivity index (χ4n) is 3.29. The summed E-state index contributed by atoms with van der Waals surface area (Å²) in [5.41, 5.74) is -1.08. The van der Waals surface area contributed by atoms with Gasteiger partial charge in [-0.15, -0.1) is 6.58 Å². The first-order valence-electron chi connectivity index (χ1n) is 6.71. The van der Waals surface area contributed by atoms with E-state index in [1.807, 2.05) is 0 Å². The first-order valence-corrected chi connectivity index (χ1v) is 6.71. The molecule has 0 aromatic carbocycles. The minimum atomic E-state index is -1.33. The smallest absolute Gasteiger partial charge is 0.331 e. The molecule has 0 amide bonds. The number of aliphatic carboxylic acids is 2. The molecule has 1 rings (SSSR count). The molecule has 21 heavy (non-hydrogen) atoms. The third kappa shape index (κ3) is 3.01. The maximum Gasteiger partial charge on any atom is 0.331 e. The zero-order valence-electron chi connectivity index (χ0n) is 12.2. The van der Waals surface area contributed by atoms with Gasteiger partial charge in [-0.2, -0.15) is 0 Å². The zero-order chi connectivity index (χ0) is 16.5. The maximum absolute atomic E-state index is 11.2. The van der Waals surface area contributed by atoms with E-state index in [-0.39, 0.29) is 12.0 Å². The normalized spacial score (nSPS) is 37.5. The van der Waals surface area contributed by atoms with E-state index in [0.29, 0.717) is 0 Å². The highest BCUT2D eigenvalue weighted by Crippen LogP contribution is 2.49. The SMILES string of the molecule is C=C[C@]1(C)C[C@H](O)[C@@H]([C@H](C)C(=O)O)[C@H](O)[C@H]1C(=C)C(=O)O. The van der Waals surface area contributed by atoms with E-state index >= 15 is 0 Å². The molecule has 0 aromatic rings. The van der Waals surface area contributed by atoms with Gasteiger partial charge in [0.05, 0.1) is 18.1 Å². The van der Waals surface area contributed by atoms with Gasteiger partial charge in [0, 0.05) is 17.4 Å². The van der Waals surface area contributed by atoms with Crippen molar-refractivity contribution in [2.45, 2.75) is 32.5 Å². The van der Waals surface area contributed by atoms with Gasteiger partial charge in [0.1, 0.15) is 0 Å². The van der Waals surface area contributed by atoms with Crippen LogP contribution >= 0.6 is 0 Å². The van der Waals surface area contributed by atoms with E-state index in [1.165, 1.54) is 13.0 Å². The van der Waals surface area contributed by atoms with Crippen LogP contribution < -0.4 is 0 Å². The Morgan fingerprint density at radius 1 is 1.33 bits per heavy atom. The molecule has 0 aliphatic heterocycles. The minimum absolute atomic E-state index is 0.118. The summed E-state index contributed by atoms with van der Waals surface area (Å²) in [7, 11) is 0. The van der Waals surface area contributed by atoms with Crippen LogP contribution in [0.5, 0.6) is 0 Å². The molecule has 0 saturated heterocycles. The predicted octanol–water partition coefficient (Wildman–Crippen LogP) is 0.898. The number of hydrogen-bond acceptors (Lipinski definition) is 4. The summed E-state index contributed by atoms with van der Waals surface area (Å²) in [4.78, 5) is 22.4. The number of rotatable bonds is 5. The first-order chi connectivity index (χ1) is 9.56. The lowest BCUT2D eigenvalue weighted by Crippen LogP contribution is -2.55. The van der Waals surface area contributed by atoms with Crippen LogP contribution in [-0.2, 0) is 9.59 Å². The molecule has 1 aliphatic rings. The van der Waals surface area contributed by atoms with Crippen molar-refractivity contribution in [2.24, 2.45) is 23.2 Å². The summed E-state index contributed by atoms with van der Waals surface area (Å²) in [6, 6.07) is 0. The lowest BCUT2D eigenvalue weighted by Gasteiger charge is -2.49. The van der Waals surface area contributed by atoms with Gasteiger partial charge in [0.15, 0.2) is 0 Å². The summed E-state index contributed by atoms with van der Waals surface area (Å²) in [5.74, 6) is -5.28.